The fourth-order valence-electron chi connectivity index (χ4n) is 2.29. The molecule has 0 fully saturated rings. The summed E-state index contributed by atoms with van der Waals surface area (Å²) in [4.78, 5) is 20.3. The van der Waals surface area contributed by atoms with Crippen LogP contribution in [0.2, 0.25) is 10.0 Å². The van der Waals surface area contributed by atoms with Gasteiger partial charge in [-0.3, -0.25) is 15.1 Å². The molecule has 2 aromatic heterocycles. The van der Waals surface area contributed by atoms with E-state index in [1.165, 1.54) is 12.3 Å². The molecule has 0 spiro atoms. The first-order valence-corrected chi connectivity index (χ1v) is 10.9. The third-order valence-corrected chi connectivity index (χ3v) is 7.53. The van der Waals surface area contributed by atoms with Gasteiger partial charge in [0.25, 0.3) is 5.91 Å². The molecule has 0 aliphatic carbocycles. The van der Waals surface area contributed by atoms with Crippen molar-refractivity contribution in [1.82, 2.24) is 9.97 Å². The first-order chi connectivity index (χ1) is 12.8. The summed E-state index contributed by atoms with van der Waals surface area (Å²) in [5, 5.41) is 3.46. The SMILES string of the molecule is Cc1nc(NC(=O)c2ccccn2)sc1S(=O)(=O)Cc1ccc(Cl)cc1Cl. The van der Waals surface area contributed by atoms with Crippen LogP contribution in [0.5, 0.6) is 0 Å². The molecule has 10 heteroatoms. The van der Waals surface area contributed by atoms with Gasteiger partial charge in [-0.15, -0.1) is 0 Å². The number of pyridine rings is 1. The zero-order valence-corrected chi connectivity index (χ0v) is 17.1. The van der Waals surface area contributed by atoms with Crippen LogP contribution in [0.3, 0.4) is 0 Å². The highest BCUT2D eigenvalue weighted by atomic mass is 35.5. The number of hydrogen-bond acceptors (Lipinski definition) is 6. The predicted molar refractivity (Wildman–Crippen MR) is 106 cm³/mol. The van der Waals surface area contributed by atoms with Gasteiger partial charge in [-0.05, 0) is 36.8 Å². The predicted octanol–water partition coefficient (Wildman–Crippen LogP) is 4.38. The van der Waals surface area contributed by atoms with Crippen molar-refractivity contribution in [2.45, 2.75) is 16.9 Å². The van der Waals surface area contributed by atoms with E-state index in [1.807, 2.05) is 0 Å². The Labute approximate surface area is 170 Å². The van der Waals surface area contributed by atoms with Crippen molar-refractivity contribution in [2.75, 3.05) is 5.32 Å². The Bertz CT molecular complexity index is 1100. The van der Waals surface area contributed by atoms with Crippen LogP contribution in [0.25, 0.3) is 0 Å². The molecule has 0 atom stereocenters. The lowest BCUT2D eigenvalue weighted by Gasteiger charge is -2.05. The maximum atomic E-state index is 12.8. The number of amides is 1. The van der Waals surface area contributed by atoms with E-state index in [-0.39, 0.29) is 25.8 Å². The number of carbonyl (C=O) groups excluding carboxylic acids is 1. The smallest absolute Gasteiger partial charge is 0.276 e. The summed E-state index contributed by atoms with van der Waals surface area (Å²) in [6, 6.07) is 9.57. The van der Waals surface area contributed by atoms with E-state index in [4.69, 9.17) is 23.2 Å². The Balaban J connectivity index is 1.83. The number of nitrogens with zero attached hydrogens (tertiary/aromatic N) is 2. The molecule has 0 saturated heterocycles. The number of aromatic nitrogens is 2. The largest absolute Gasteiger partial charge is 0.296 e. The number of sulfone groups is 1. The Kier molecular flexibility index (Phi) is 5.81. The number of rotatable bonds is 5. The Morgan fingerprint density at radius 2 is 2.00 bits per heavy atom. The van der Waals surface area contributed by atoms with Gasteiger partial charge in [-0.2, -0.15) is 0 Å². The van der Waals surface area contributed by atoms with Gasteiger partial charge in [0.05, 0.1) is 11.4 Å². The lowest BCUT2D eigenvalue weighted by Crippen LogP contribution is -2.13. The van der Waals surface area contributed by atoms with Crippen LogP contribution >= 0.6 is 34.5 Å². The van der Waals surface area contributed by atoms with E-state index < -0.39 is 15.7 Å². The lowest BCUT2D eigenvalue weighted by molar-refractivity contribution is 0.102. The maximum absolute atomic E-state index is 12.8. The van der Waals surface area contributed by atoms with Crippen molar-refractivity contribution in [2.24, 2.45) is 0 Å². The molecular weight excluding hydrogens is 429 g/mol. The van der Waals surface area contributed by atoms with E-state index in [9.17, 15) is 13.2 Å². The minimum atomic E-state index is -3.70. The highest BCUT2D eigenvalue weighted by Crippen LogP contribution is 2.32. The van der Waals surface area contributed by atoms with Gasteiger partial charge in [0.1, 0.15) is 9.90 Å². The summed E-state index contributed by atoms with van der Waals surface area (Å²) < 4.78 is 25.6. The Morgan fingerprint density at radius 3 is 2.67 bits per heavy atom. The number of anilines is 1. The normalized spacial score (nSPS) is 11.4. The highest BCUT2D eigenvalue weighted by Gasteiger charge is 2.24. The average Bonchev–Trinajstić information content (AvgIpc) is 2.99. The summed E-state index contributed by atoms with van der Waals surface area (Å²) in [7, 11) is -3.70. The van der Waals surface area contributed by atoms with E-state index in [1.54, 1.807) is 37.3 Å². The number of carbonyl (C=O) groups is 1. The van der Waals surface area contributed by atoms with Crippen molar-refractivity contribution in [3.8, 4) is 0 Å². The zero-order chi connectivity index (χ0) is 19.6. The average molecular weight is 442 g/mol. The molecule has 1 aromatic carbocycles. The molecular formula is C17H13Cl2N3O3S2. The number of aryl methyl sites for hydroxylation is 1. The van der Waals surface area contributed by atoms with Crippen LogP contribution in [-0.2, 0) is 15.6 Å². The number of hydrogen-bond donors (Lipinski definition) is 1. The molecule has 1 amide bonds. The standard InChI is InChI=1S/C17H13Cl2N3O3S2/c1-10-16(27(24,25)9-11-5-6-12(18)8-13(11)19)26-17(21-10)22-15(23)14-4-2-3-7-20-14/h2-8H,9H2,1H3,(H,21,22,23). The van der Waals surface area contributed by atoms with E-state index in [2.05, 4.69) is 15.3 Å². The molecule has 0 bridgehead atoms. The molecule has 3 rings (SSSR count). The number of benzene rings is 1. The van der Waals surface area contributed by atoms with Gasteiger partial charge in [0, 0.05) is 16.2 Å². The molecule has 27 heavy (non-hydrogen) atoms. The zero-order valence-electron chi connectivity index (χ0n) is 13.9. The van der Waals surface area contributed by atoms with Gasteiger partial charge < -0.3 is 0 Å². The third kappa shape index (κ3) is 4.65. The second-order valence-electron chi connectivity index (χ2n) is 5.56. The van der Waals surface area contributed by atoms with Crippen LogP contribution in [0, 0.1) is 6.92 Å². The second kappa shape index (κ2) is 7.93. The van der Waals surface area contributed by atoms with Crippen molar-refractivity contribution in [3.05, 3.63) is 69.6 Å². The van der Waals surface area contributed by atoms with Gasteiger partial charge >= 0.3 is 0 Å². The van der Waals surface area contributed by atoms with Crippen LogP contribution in [-0.4, -0.2) is 24.3 Å². The van der Waals surface area contributed by atoms with Gasteiger partial charge in [-0.1, -0.05) is 46.7 Å². The Morgan fingerprint density at radius 1 is 1.22 bits per heavy atom. The third-order valence-electron chi connectivity index (χ3n) is 3.52. The molecule has 0 radical (unpaired) electrons. The summed E-state index contributed by atoms with van der Waals surface area (Å²) in [5.41, 5.74) is 0.956. The van der Waals surface area contributed by atoms with E-state index >= 15 is 0 Å². The fourth-order valence-corrected chi connectivity index (χ4v) is 5.75. The number of thiazole rings is 1. The molecule has 1 N–H and O–H groups in total. The highest BCUT2D eigenvalue weighted by molar-refractivity contribution is 7.92. The van der Waals surface area contributed by atoms with Gasteiger partial charge in [0.2, 0.25) is 0 Å². The molecule has 140 valence electrons. The maximum Gasteiger partial charge on any atom is 0.276 e. The topological polar surface area (TPSA) is 89.0 Å². The molecule has 0 saturated carbocycles. The minimum Gasteiger partial charge on any atom is -0.296 e. The van der Waals surface area contributed by atoms with Crippen molar-refractivity contribution in [1.29, 1.82) is 0 Å². The number of nitrogens with one attached hydrogen (secondary N) is 1. The van der Waals surface area contributed by atoms with Gasteiger partial charge in [-0.25, -0.2) is 13.4 Å². The fraction of sp³-hybridized carbons (Fsp3) is 0.118. The summed E-state index contributed by atoms with van der Waals surface area (Å²) in [6.07, 6.45) is 1.49. The number of halogens is 2. The Hall–Kier alpha value is -2.00. The van der Waals surface area contributed by atoms with Crippen molar-refractivity contribution < 1.29 is 13.2 Å². The first-order valence-electron chi connectivity index (χ1n) is 7.63. The lowest BCUT2D eigenvalue weighted by atomic mass is 10.2. The summed E-state index contributed by atoms with van der Waals surface area (Å²) in [6.45, 7) is 1.57. The molecule has 6 nitrogen and oxygen atoms in total. The van der Waals surface area contributed by atoms with Crippen LogP contribution in [0.1, 0.15) is 21.7 Å². The molecule has 0 unspecified atom stereocenters. The molecule has 2 heterocycles. The molecule has 0 aliphatic heterocycles. The van der Waals surface area contributed by atoms with Crippen molar-refractivity contribution in [3.63, 3.8) is 0 Å². The minimum absolute atomic E-state index is 0.0739. The van der Waals surface area contributed by atoms with Crippen LogP contribution in [0.4, 0.5) is 5.13 Å². The van der Waals surface area contributed by atoms with Crippen molar-refractivity contribution >= 4 is 55.4 Å². The second-order valence-corrected chi connectivity index (χ2v) is 9.58. The van der Waals surface area contributed by atoms with Crippen LogP contribution < -0.4 is 5.32 Å². The van der Waals surface area contributed by atoms with Gasteiger partial charge in [0.15, 0.2) is 15.0 Å². The summed E-state index contributed by atoms with van der Waals surface area (Å²) in [5.74, 6) is -0.756. The van der Waals surface area contributed by atoms with E-state index in [0.717, 1.165) is 11.3 Å². The first kappa shape index (κ1) is 19.8. The quantitative estimate of drug-likeness (QED) is 0.634. The molecule has 0 aliphatic rings. The monoisotopic (exact) mass is 441 g/mol. The van der Waals surface area contributed by atoms with E-state index in [0.29, 0.717) is 16.3 Å². The van der Waals surface area contributed by atoms with Crippen LogP contribution in [0.15, 0.2) is 46.8 Å². The molecule has 3 aromatic rings. The summed E-state index contributed by atoms with van der Waals surface area (Å²) >= 11 is 12.8.